The Morgan fingerprint density at radius 1 is 1.30 bits per heavy atom. The van der Waals surface area contributed by atoms with E-state index in [-0.39, 0.29) is 6.04 Å². The average Bonchev–Trinajstić information content (AvgIpc) is 3.12. The van der Waals surface area contributed by atoms with Crippen LogP contribution < -0.4 is 0 Å². The molecule has 1 aromatic carbocycles. The van der Waals surface area contributed by atoms with Gasteiger partial charge < -0.3 is 0 Å². The molecular formula is C14H16N2O2S2. The smallest absolute Gasteiger partial charge is 0.243 e. The molecule has 0 amide bonds. The van der Waals surface area contributed by atoms with Crippen molar-refractivity contribution in [2.24, 2.45) is 0 Å². The van der Waals surface area contributed by atoms with Gasteiger partial charge in [0.2, 0.25) is 10.0 Å². The molecule has 6 heteroatoms. The maximum atomic E-state index is 12.8. The van der Waals surface area contributed by atoms with Crippen LogP contribution >= 0.6 is 11.3 Å². The molecule has 106 valence electrons. The first-order valence-electron chi connectivity index (χ1n) is 6.54. The standard InChI is InChI=1S/C14H16N2O2S2/c1-11-2-6-13(7-3-11)20(17,18)16(12-4-5-12)10-14-15-8-9-19-14/h2-3,6-9,12H,4-5,10H2,1H3. The van der Waals surface area contributed by atoms with E-state index in [4.69, 9.17) is 0 Å². The Morgan fingerprint density at radius 2 is 2.00 bits per heavy atom. The predicted molar refractivity (Wildman–Crippen MR) is 79.0 cm³/mol. The first-order chi connectivity index (χ1) is 9.57. The van der Waals surface area contributed by atoms with Gasteiger partial charge in [-0.2, -0.15) is 4.31 Å². The van der Waals surface area contributed by atoms with Crippen LogP contribution in [0.2, 0.25) is 0 Å². The Balaban J connectivity index is 1.91. The minimum atomic E-state index is -3.43. The molecule has 20 heavy (non-hydrogen) atoms. The molecule has 0 saturated heterocycles. The van der Waals surface area contributed by atoms with Gasteiger partial charge in [-0.25, -0.2) is 13.4 Å². The van der Waals surface area contributed by atoms with E-state index in [0.717, 1.165) is 23.4 Å². The summed E-state index contributed by atoms with van der Waals surface area (Å²) in [6.07, 6.45) is 3.59. The van der Waals surface area contributed by atoms with Crippen LogP contribution in [-0.4, -0.2) is 23.7 Å². The summed E-state index contributed by atoms with van der Waals surface area (Å²) in [5, 5.41) is 2.71. The molecule has 0 spiro atoms. The molecule has 0 radical (unpaired) electrons. The molecule has 1 heterocycles. The van der Waals surface area contributed by atoms with Gasteiger partial charge in [0.15, 0.2) is 0 Å². The summed E-state index contributed by atoms with van der Waals surface area (Å²) < 4.78 is 27.1. The summed E-state index contributed by atoms with van der Waals surface area (Å²) in [5.41, 5.74) is 1.06. The Morgan fingerprint density at radius 3 is 2.55 bits per heavy atom. The largest absolute Gasteiger partial charge is 0.248 e. The average molecular weight is 308 g/mol. The molecule has 0 aliphatic heterocycles. The summed E-state index contributed by atoms with van der Waals surface area (Å²) in [5.74, 6) is 0. The summed E-state index contributed by atoms with van der Waals surface area (Å²) in [7, 11) is -3.43. The molecule has 3 rings (SSSR count). The third-order valence-electron chi connectivity index (χ3n) is 3.36. The van der Waals surface area contributed by atoms with Crippen molar-refractivity contribution >= 4 is 21.4 Å². The zero-order chi connectivity index (χ0) is 14.2. The van der Waals surface area contributed by atoms with Gasteiger partial charge in [0.1, 0.15) is 5.01 Å². The normalized spacial score (nSPS) is 15.7. The fourth-order valence-electron chi connectivity index (χ4n) is 2.08. The van der Waals surface area contributed by atoms with E-state index in [1.54, 1.807) is 22.6 Å². The zero-order valence-electron chi connectivity index (χ0n) is 11.2. The molecule has 0 N–H and O–H groups in total. The van der Waals surface area contributed by atoms with Crippen molar-refractivity contribution in [3.63, 3.8) is 0 Å². The fourth-order valence-corrected chi connectivity index (χ4v) is 4.43. The topological polar surface area (TPSA) is 50.3 Å². The van der Waals surface area contributed by atoms with Crippen molar-refractivity contribution in [3.8, 4) is 0 Å². The number of hydrogen-bond donors (Lipinski definition) is 0. The Kier molecular flexibility index (Phi) is 3.62. The molecule has 1 aliphatic carbocycles. The van der Waals surface area contributed by atoms with Gasteiger partial charge in [-0.15, -0.1) is 11.3 Å². The highest BCUT2D eigenvalue weighted by atomic mass is 32.2. The highest BCUT2D eigenvalue weighted by Gasteiger charge is 2.38. The number of sulfonamides is 1. The lowest BCUT2D eigenvalue weighted by Gasteiger charge is -2.20. The highest BCUT2D eigenvalue weighted by molar-refractivity contribution is 7.89. The van der Waals surface area contributed by atoms with E-state index < -0.39 is 10.0 Å². The molecule has 0 bridgehead atoms. The Hall–Kier alpha value is -1.24. The number of nitrogens with zero attached hydrogens (tertiary/aromatic N) is 2. The van der Waals surface area contributed by atoms with Crippen LogP contribution in [0.15, 0.2) is 40.7 Å². The van der Waals surface area contributed by atoms with Gasteiger partial charge in [0, 0.05) is 17.6 Å². The van der Waals surface area contributed by atoms with Crippen LogP contribution in [0.1, 0.15) is 23.4 Å². The first kappa shape index (κ1) is 13.7. The number of thiazole rings is 1. The third-order valence-corrected chi connectivity index (χ3v) is 6.03. The van der Waals surface area contributed by atoms with Crippen molar-refractivity contribution in [2.75, 3.05) is 0 Å². The molecule has 1 aliphatic rings. The van der Waals surface area contributed by atoms with E-state index in [1.165, 1.54) is 11.3 Å². The number of aryl methyl sites for hydroxylation is 1. The van der Waals surface area contributed by atoms with E-state index >= 15 is 0 Å². The number of hydrogen-bond acceptors (Lipinski definition) is 4. The second-order valence-corrected chi connectivity index (χ2v) is 7.89. The second-order valence-electron chi connectivity index (χ2n) is 5.02. The first-order valence-corrected chi connectivity index (χ1v) is 8.86. The van der Waals surface area contributed by atoms with Gasteiger partial charge >= 0.3 is 0 Å². The van der Waals surface area contributed by atoms with Crippen LogP contribution in [0.25, 0.3) is 0 Å². The predicted octanol–water partition coefficient (Wildman–Crippen LogP) is 2.80. The van der Waals surface area contributed by atoms with Crippen LogP contribution in [-0.2, 0) is 16.6 Å². The SMILES string of the molecule is Cc1ccc(S(=O)(=O)N(Cc2nccs2)C2CC2)cc1. The summed E-state index contributed by atoms with van der Waals surface area (Å²) in [6.45, 7) is 2.32. The molecule has 4 nitrogen and oxygen atoms in total. The maximum absolute atomic E-state index is 12.8. The van der Waals surface area contributed by atoms with Gasteiger partial charge in [-0.1, -0.05) is 17.7 Å². The molecule has 2 aromatic rings. The molecule has 0 atom stereocenters. The van der Waals surface area contributed by atoms with Crippen molar-refractivity contribution in [1.29, 1.82) is 0 Å². The second kappa shape index (κ2) is 5.27. The molecule has 0 unspecified atom stereocenters. The maximum Gasteiger partial charge on any atom is 0.243 e. The van der Waals surface area contributed by atoms with Crippen LogP contribution in [0.4, 0.5) is 0 Å². The lowest BCUT2D eigenvalue weighted by atomic mass is 10.2. The van der Waals surface area contributed by atoms with Crippen LogP contribution in [0.3, 0.4) is 0 Å². The van der Waals surface area contributed by atoms with Crippen molar-refractivity contribution < 1.29 is 8.42 Å². The number of benzene rings is 1. The highest BCUT2D eigenvalue weighted by Crippen LogP contribution is 2.33. The summed E-state index contributed by atoms with van der Waals surface area (Å²) in [4.78, 5) is 4.57. The van der Waals surface area contributed by atoms with E-state index in [2.05, 4.69) is 4.98 Å². The van der Waals surface area contributed by atoms with E-state index in [9.17, 15) is 8.42 Å². The van der Waals surface area contributed by atoms with Gasteiger partial charge in [0.25, 0.3) is 0 Å². The lowest BCUT2D eigenvalue weighted by Crippen LogP contribution is -2.32. The number of aromatic nitrogens is 1. The van der Waals surface area contributed by atoms with Crippen LogP contribution in [0, 0.1) is 6.92 Å². The van der Waals surface area contributed by atoms with Gasteiger partial charge in [0.05, 0.1) is 11.4 Å². The van der Waals surface area contributed by atoms with E-state index in [0.29, 0.717) is 11.4 Å². The van der Waals surface area contributed by atoms with Crippen molar-refractivity contribution in [3.05, 3.63) is 46.4 Å². The minimum Gasteiger partial charge on any atom is -0.248 e. The van der Waals surface area contributed by atoms with Crippen molar-refractivity contribution in [1.82, 2.24) is 9.29 Å². The summed E-state index contributed by atoms with van der Waals surface area (Å²) >= 11 is 1.49. The van der Waals surface area contributed by atoms with E-state index in [1.807, 2.05) is 24.4 Å². The summed E-state index contributed by atoms with van der Waals surface area (Å²) in [6, 6.07) is 7.16. The van der Waals surface area contributed by atoms with Gasteiger partial charge in [-0.05, 0) is 31.9 Å². The fraction of sp³-hybridized carbons (Fsp3) is 0.357. The zero-order valence-corrected chi connectivity index (χ0v) is 12.8. The molecule has 1 fully saturated rings. The van der Waals surface area contributed by atoms with Crippen molar-refractivity contribution in [2.45, 2.75) is 37.2 Å². The van der Waals surface area contributed by atoms with Gasteiger partial charge in [-0.3, -0.25) is 0 Å². The molecule has 1 saturated carbocycles. The molecule has 1 aromatic heterocycles. The monoisotopic (exact) mass is 308 g/mol. The Labute approximate surface area is 123 Å². The quantitative estimate of drug-likeness (QED) is 0.853. The lowest BCUT2D eigenvalue weighted by molar-refractivity contribution is 0.398. The van der Waals surface area contributed by atoms with Crippen LogP contribution in [0.5, 0.6) is 0 Å². The third kappa shape index (κ3) is 2.77. The Bertz CT molecular complexity index is 674. The molecular weight excluding hydrogens is 292 g/mol. The number of rotatable bonds is 5. The minimum absolute atomic E-state index is 0.130.